The standard InChI is InChI=1S/C14H13N/c15-11-14(12-7-3-1-4-8-12)13-9-5-2-6-10-13/h1-9,13-14H,10H2. The van der Waals surface area contributed by atoms with Gasteiger partial charge >= 0.3 is 0 Å². The molecule has 1 aromatic rings. The van der Waals surface area contributed by atoms with Crippen LogP contribution in [-0.2, 0) is 0 Å². The molecule has 0 radical (unpaired) electrons. The van der Waals surface area contributed by atoms with Crippen molar-refractivity contribution < 1.29 is 0 Å². The lowest BCUT2D eigenvalue weighted by Crippen LogP contribution is -2.09. The summed E-state index contributed by atoms with van der Waals surface area (Å²) < 4.78 is 0. The topological polar surface area (TPSA) is 23.8 Å². The summed E-state index contributed by atoms with van der Waals surface area (Å²) in [6.07, 6.45) is 9.28. The monoisotopic (exact) mass is 195 g/mol. The van der Waals surface area contributed by atoms with Crippen LogP contribution in [0.5, 0.6) is 0 Å². The molecule has 0 heterocycles. The highest BCUT2D eigenvalue weighted by Crippen LogP contribution is 2.29. The Bertz CT molecular complexity index is 409. The van der Waals surface area contributed by atoms with Gasteiger partial charge < -0.3 is 0 Å². The molecule has 2 atom stereocenters. The fraction of sp³-hybridized carbons (Fsp3) is 0.214. The fourth-order valence-corrected chi connectivity index (χ4v) is 1.92. The molecular weight excluding hydrogens is 182 g/mol. The lowest BCUT2D eigenvalue weighted by Gasteiger charge is -2.19. The molecule has 15 heavy (non-hydrogen) atoms. The average molecular weight is 195 g/mol. The minimum atomic E-state index is -0.0209. The summed E-state index contributed by atoms with van der Waals surface area (Å²) in [4.78, 5) is 0. The molecule has 2 unspecified atom stereocenters. The Hall–Kier alpha value is -1.81. The highest BCUT2D eigenvalue weighted by Gasteiger charge is 2.20. The maximum absolute atomic E-state index is 9.22. The van der Waals surface area contributed by atoms with Crippen molar-refractivity contribution in [2.45, 2.75) is 12.3 Å². The molecule has 2 rings (SSSR count). The molecule has 1 heteroatoms. The first kappa shape index (κ1) is 9.73. The maximum atomic E-state index is 9.22. The molecule has 0 fully saturated rings. The molecular formula is C14H13N. The summed E-state index contributed by atoms with van der Waals surface area (Å²) >= 11 is 0. The van der Waals surface area contributed by atoms with Gasteiger partial charge in [-0.3, -0.25) is 0 Å². The van der Waals surface area contributed by atoms with Crippen LogP contribution in [-0.4, -0.2) is 0 Å². The van der Waals surface area contributed by atoms with Gasteiger partial charge in [-0.2, -0.15) is 5.26 Å². The number of nitriles is 1. The van der Waals surface area contributed by atoms with Gasteiger partial charge in [0.05, 0.1) is 12.0 Å². The van der Waals surface area contributed by atoms with E-state index in [9.17, 15) is 5.26 Å². The van der Waals surface area contributed by atoms with Crippen LogP contribution < -0.4 is 0 Å². The Morgan fingerprint density at radius 1 is 1.20 bits per heavy atom. The van der Waals surface area contributed by atoms with Crippen molar-refractivity contribution in [3.63, 3.8) is 0 Å². The zero-order chi connectivity index (χ0) is 10.5. The molecule has 1 aliphatic rings. The van der Waals surface area contributed by atoms with E-state index in [1.54, 1.807) is 0 Å². The van der Waals surface area contributed by atoms with Crippen LogP contribution in [0.25, 0.3) is 0 Å². The largest absolute Gasteiger partial charge is 0.198 e. The molecule has 1 aliphatic carbocycles. The molecule has 0 saturated carbocycles. The quantitative estimate of drug-likeness (QED) is 0.709. The van der Waals surface area contributed by atoms with Crippen molar-refractivity contribution in [3.8, 4) is 6.07 Å². The average Bonchev–Trinajstić information content (AvgIpc) is 2.33. The number of hydrogen-bond donors (Lipinski definition) is 0. The minimum Gasteiger partial charge on any atom is -0.198 e. The van der Waals surface area contributed by atoms with E-state index in [1.807, 2.05) is 42.5 Å². The van der Waals surface area contributed by atoms with Crippen LogP contribution in [0.3, 0.4) is 0 Å². The Morgan fingerprint density at radius 3 is 2.60 bits per heavy atom. The van der Waals surface area contributed by atoms with Gasteiger partial charge in [0.1, 0.15) is 0 Å². The van der Waals surface area contributed by atoms with Gasteiger partial charge in [-0.1, -0.05) is 54.6 Å². The Morgan fingerprint density at radius 2 is 2.00 bits per heavy atom. The number of benzene rings is 1. The lowest BCUT2D eigenvalue weighted by atomic mass is 9.83. The van der Waals surface area contributed by atoms with Crippen LogP contribution in [0, 0.1) is 17.2 Å². The zero-order valence-corrected chi connectivity index (χ0v) is 8.51. The van der Waals surface area contributed by atoms with Gasteiger partial charge in [0.25, 0.3) is 0 Å². The van der Waals surface area contributed by atoms with Gasteiger partial charge in [-0.05, 0) is 12.0 Å². The number of nitrogens with zero attached hydrogens (tertiary/aromatic N) is 1. The Balaban J connectivity index is 2.22. The summed E-state index contributed by atoms with van der Waals surface area (Å²) in [5.74, 6) is 0.301. The van der Waals surface area contributed by atoms with E-state index < -0.39 is 0 Å². The first-order chi connectivity index (χ1) is 7.42. The van der Waals surface area contributed by atoms with Crippen LogP contribution in [0.1, 0.15) is 17.9 Å². The van der Waals surface area contributed by atoms with E-state index in [-0.39, 0.29) is 5.92 Å². The molecule has 0 aliphatic heterocycles. The summed E-state index contributed by atoms with van der Waals surface area (Å²) in [6.45, 7) is 0. The highest BCUT2D eigenvalue weighted by atomic mass is 14.3. The van der Waals surface area contributed by atoms with Gasteiger partial charge in [0, 0.05) is 5.92 Å². The summed E-state index contributed by atoms with van der Waals surface area (Å²) in [5, 5.41) is 9.22. The van der Waals surface area contributed by atoms with Crippen molar-refractivity contribution in [2.75, 3.05) is 0 Å². The third-order valence-electron chi connectivity index (χ3n) is 2.74. The van der Waals surface area contributed by atoms with E-state index in [0.29, 0.717) is 5.92 Å². The van der Waals surface area contributed by atoms with Gasteiger partial charge in [0.2, 0.25) is 0 Å². The highest BCUT2D eigenvalue weighted by molar-refractivity contribution is 5.29. The summed E-state index contributed by atoms with van der Waals surface area (Å²) in [7, 11) is 0. The molecule has 0 spiro atoms. The number of rotatable bonds is 2. The molecule has 0 N–H and O–H groups in total. The molecule has 0 saturated heterocycles. The molecule has 1 aromatic carbocycles. The van der Waals surface area contributed by atoms with Gasteiger partial charge in [-0.25, -0.2) is 0 Å². The summed E-state index contributed by atoms with van der Waals surface area (Å²) in [6, 6.07) is 12.4. The van der Waals surface area contributed by atoms with E-state index in [4.69, 9.17) is 0 Å². The zero-order valence-electron chi connectivity index (χ0n) is 8.51. The number of allylic oxidation sites excluding steroid dienone is 4. The molecule has 0 bridgehead atoms. The van der Waals surface area contributed by atoms with E-state index >= 15 is 0 Å². The fourth-order valence-electron chi connectivity index (χ4n) is 1.92. The maximum Gasteiger partial charge on any atom is 0.0778 e. The van der Waals surface area contributed by atoms with Crippen molar-refractivity contribution in [1.82, 2.24) is 0 Å². The predicted molar refractivity (Wildman–Crippen MR) is 61.2 cm³/mol. The van der Waals surface area contributed by atoms with Crippen molar-refractivity contribution in [3.05, 3.63) is 60.2 Å². The molecule has 0 aromatic heterocycles. The van der Waals surface area contributed by atoms with Crippen LogP contribution in [0.15, 0.2) is 54.6 Å². The number of hydrogen-bond acceptors (Lipinski definition) is 1. The van der Waals surface area contributed by atoms with Crippen molar-refractivity contribution >= 4 is 0 Å². The van der Waals surface area contributed by atoms with E-state index in [1.165, 1.54) is 0 Å². The van der Waals surface area contributed by atoms with Crippen LogP contribution >= 0.6 is 0 Å². The smallest absolute Gasteiger partial charge is 0.0778 e. The Labute approximate surface area is 90.4 Å². The molecule has 74 valence electrons. The van der Waals surface area contributed by atoms with Gasteiger partial charge in [0.15, 0.2) is 0 Å². The SMILES string of the molecule is N#CC(c1ccccc1)C1C=CC=CC1. The van der Waals surface area contributed by atoms with Crippen LogP contribution in [0.4, 0.5) is 0 Å². The second-order valence-electron chi connectivity index (χ2n) is 3.73. The minimum absolute atomic E-state index is 0.0209. The summed E-state index contributed by atoms with van der Waals surface area (Å²) in [5.41, 5.74) is 1.12. The predicted octanol–water partition coefficient (Wildman–Crippen LogP) is 3.43. The van der Waals surface area contributed by atoms with Crippen molar-refractivity contribution in [1.29, 1.82) is 5.26 Å². The van der Waals surface area contributed by atoms with Gasteiger partial charge in [-0.15, -0.1) is 0 Å². The normalized spacial score (nSPS) is 20.9. The second kappa shape index (κ2) is 4.61. The van der Waals surface area contributed by atoms with Crippen molar-refractivity contribution in [2.24, 2.45) is 5.92 Å². The van der Waals surface area contributed by atoms with E-state index in [0.717, 1.165) is 12.0 Å². The molecule has 1 nitrogen and oxygen atoms in total. The van der Waals surface area contributed by atoms with E-state index in [2.05, 4.69) is 18.2 Å². The first-order valence-electron chi connectivity index (χ1n) is 5.19. The lowest BCUT2D eigenvalue weighted by molar-refractivity contribution is 0.595. The van der Waals surface area contributed by atoms with Crippen LogP contribution in [0.2, 0.25) is 0 Å². The first-order valence-corrected chi connectivity index (χ1v) is 5.19. The second-order valence-corrected chi connectivity index (χ2v) is 3.73. The third-order valence-corrected chi connectivity index (χ3v) is 2.74. The Kier molecular flexibility index (Phi) is 2.99. The molecule has 0 amide bonds. The third kappa shape index (κ3) is 2.16.